The van der Waals surface area contributed by atoms with Gasteiger partial charge in [-0.05, 0) is 37.3 Å². The molecule has 0 amide bonds. The van der Waals surface area contributed by atoms with Crippen LogP contribution in [0.2, 0.25) is 0 Å². The van der Waals surface area contributed by atoms with Crippen LogP contribution in [0.15, 0.2) is 51.3 Å². The number of hydrogen-bond acceptors (Lipinski definition) is 4. The van der Waals surface area contributed by atoms with Gasteiger partial charge in [-0.1, -0.05) is 11.6 Å². The second-order valence-electron chi connectivity index (χ2n) is 4.90. The SMILES string of the molecule is Cc1ccc2oc(-c3nc4ccc(N)cc4o3)cc2c1. The van der Waals surface area contributed by atoms with E-state index in [-0.39, 0.29) is 0 Å². The van der Waals surface area contributed by atoms with Gasteiger partial charge in [0.1, 0.15) is 11.1 Å². The molecule has 0 unspecified atom stereocenters. The van der Waals surface area contributed by atoms with Gasteiger partial charge in [-0.2, -0.15) is 0 Å². The fourth-order valence-corrected chi connectivity index (χ4v) is 2.31. The second-order valence-corrected chi connectivity index (χ2v) is 4.90. The first-order valence-electron chi connectivity index (χ1n) is 6.36. The quantitative estimate of drug-likeness (QED) is 0.525. The molecule has 0 aliphatic heterocycles. The Morgan fingerprint density at radius 1 is 0.950 bits per heavy atom. The van der Waals surface area contributed by atoms with E-state index in [1.165, 1.54) is 5.56 Å². The van der Waals surface area contributed by atoms with Gasteiger partial charge in [-0.25, -0.2) is 4.98 Å². The Balaban J connectivity index is 1.91. The number of nitrogen functional groups attached to an aromatic ring is 1. The Morgan fingerprint density at radius 3 is 2.75 bits per heavy atom. The third-order valence-electron chi connectivity index (χ3n) is 3.30. The summed E-state index contributed by atoms with van der Waals surface area (Å²) in [7, 11) is 0. The zero-order valence-corrected chi connectivity index (χ0v) is 10.9. The Labute approximate surface area is 114 Å². The maximum Gasteiger partial charge on any atom is 0.263 e. The van der Waals surface area contributed by atoms with Crippen molar-refractivity contribution < 1.29 is 8.83 Å². The van der Waals surface area contributed by atoms with E-state index in [2.05, 4.69) is 11.1 Å². The van der Waals surface area contributed by atoms with Crippen LogP contribution >= 0.6 is 0 Å². The molecule has 4 aromatic rings. The van der Waals surface area contributed by atoms with Gasteiger partial charge in [0.2, 0.25) is 0 Å². The zero-order chi connectivity index (χ0) is 13.7. The van der Waals surface area contributed by atoms with Crippen LogP contribution in [0.1, 0.15) is 5.56 Å². The van der Waals surface area contributed by atoms with Crippen molar-refractivity contribution in [2.75, 3.05) is 5.73 Å². The summed E-state index contributed by atoms with van der Waals surface area (Å²) in [6, 6.07) is 13.4. The van der Waals surface area contributed by atoms with Crippen molar-refractivity contribution in [1.29, 1.82) is 0 Å². The highest BCUT2D eigenvalue weighted by molar-refractivity contribution is 5.84. The number of anilines is 1. The van der Waals surface area contributed by atoms with E-state index in [9.17, 15) is 0 Å². The molecule has 0 spiro atoms. The number of rotatable bonds is 1. The predicted octanol–water partition coefficient (Wildman–Crippen LogP) is 4.13. The van der Waals surface area contributed by atoms with Crippen molar-refractivity contribution in [3.8, 4) is 11.7 Å². The first kappa shape index (κ1) is 11.1. The van der Waals surface area contributed by atoms with Crippen molar-refractivity contribution in [3.63, 3.8) is 0 Å². The third-order valence-corrected chi connectivity index (χ3v) is 3.30. The molecular weight excluding hydrogens is 252 g/mol. The Hall–Kier alpha value is -2.75. The van der Waals surface area contributed by atoms with Crippen molar-refractivity contribution in [2.45, 2.75) is 6.92 Å². The molecule has 0 saturated heterocycles. The molecule has 2 aromatic heterocycles. The average Bonchev–Trinajstić information content (AvgIpc) is 3.00. The monoisotopic (exact) mass is 264 g/mol. The highest BCUT2D eigenvalue weighted by Gasteiger charge is 2.13. The van der Waals surface area contributed by atoms with Crippen LogP contribution in [-0.2, 0) is 0 Å². The maximum absolute atomic E-state index is 5.78. The van der Waals surface area contributed by atoms with E-state index < -0.39 is 0 Å². The Bertz CT molecular complexity index is 856. The fourth-order valence-electron chi connectivity index (χ4n) is 2.31. The number of hydrogen-bond donors (Lipinski definition) is 1. The molecule has 4 heteroatoms. The van der Waals surface area contributed by atoms with Gasteiger partial charge in [-0.15, -0.1) is 0 Å². The predicted molar refractivity (Wildman–Crippen MR) is 78.4 cm³/mol. The molecule has 4 rings (SSSR count). The molecule has 20 heavy (non-hydrogen) atoms. The molecule has 2 N–H and O–H groups in total. The summed E-state index contributed by atoms with van der Waals surface area (Å²) in [5, 5.41) is 1.04. The lowest BCUT2D eigenvalue weighted by molar-refractivity contribution is 0.559. The van der Waals surface area contributed by atoms with E-state index in [0.29, 0.717) is 22.9 Å². The molecule has 0 fully saturated rings. The minimum Gasteiger partial charge on any atom is -0.451 e. The van der Waals surface area contributed by atoms with Crippen molar-refractivity contribution >= 4 is 27.8 Å². The number of aromatic nitrogens is 1. The summed E-state index contributed by atoms with van der Waals surface area (Å²) in [6.45, 7) is 2.05. The largest absolute Gasteiger partial charge is 0.451 e. The lowest BCUT2D eigenvalue weighted by Crippen LogP contribution is -1.81. The maximum atomic E-state index is 5.78. The molecule has 2 aromatic carbocycles. The van der Waals surface area contributed by atoms with E-state index in [4.69, 9.17) is 14.6 Å². The smallest absolute Gasteiger partial charge is 0.263 e. The molecular formula is C16H12N2O2. The van der Waals surface area contributed by atoms with Gasteiger partial charge in [-0.3, -0.25) is 0 Å². The first-order valence-corrected chi connectivity index (χ1v) is 6.36. The molecule has 0 atom stereocenters. The molecule has 0 radical (unpaired) electrons. The summed E-state index contributed by atoms with van der Waals surface area (Å²) < 4.78 is 11.5. The van der Waals surface area contributed by atoms with Gasteiger partial charge in [0.25, 0.3) is 5.89 Å². The van der Waals surface area contributed by atoms with E-state index in [0.717, 1.165) is 16.5 Å². The molecule has 0 saturated carbocycles. The summed E-state index contributed by atoms with van der Waals surface area (Å²) in [5.41, 5.74) is 9.84. The first-order chi connectivity index (χ1) is 9.69. The second kappa shape index (κ2) is 3.87. The van der Waals surface area contributed by atoms with Gasteiger partial charge >= 0.3 is 0 Å². The number of benzene rings is 2. The lowest BCUT2D eigenvalue weighted by Gasteiger charge is -1.89. The molecule has 0 bridgehead atoms. The minimum absolute atomic E-state index is 0.472. The highest BCUT2D eigenvalue weighted by atomic mass is 16.4. The van der Waals surface area contributed by atoms with Gasteiger partial charge in [0.15, 0.2) is 11.3 Å². The third kappa shape index (κ3) is 1.66. The molecule has 0 aliphatic rings. The number of furan rings is 1. The Morgan fingerprint density at radius 2 is 1.85 bits per heavy atom. The lowest BCUT2D eigenvalue weighted by atomic mass is 10.2. The van der Waals surface area contributed by atoms with Crippen LogP contribution in [0, 0.1) is 6.92 Å². The van der Waals surface area contributed by atoms with E-state index in [1.807, 2.05) is 31.2 Å². The van der Waals surface area contributed by atoms with Crippen LogP contribution in [0.25, 0.3) is 33.7 Å². The minimum atomic E-state index is 0.472. The normalized spacial score (nSPS) is 11.4. The van der Waals surface area contributed by atoms with Gasteiger partial charge in [0, 0.05) is 17.1 Å². The number of nitrogens with zero attached hydrogens (tertiary/aromatic N) is 1. The molecule has 4 nitrogen and oxygen atoms in total. The fraction of sp³-hybridized carbons (Fsp3) is 0.0625. The standard InChI is InChI=1S/C16H12N2O2/c1-9-2-5-13-10(6-9)7-15(19-13)16-18-12-4-3-11(17)8-14(12)20-16/h2-8H,17H2,1H3. The summed E-state index contributed by atoms with van der Waals surface area (Å²) in [6.07, 6.45) is 0. The number of fused-ring (bicyclic) bond motifs is 2. The number of nitrogens with two attached hydrogens (primary N) is 1. The molecule has 2 heterocycles. The van der Waals surface area contributed by atoms with Crippen molar-refractivity contribution in [1.82, 2.24) is 4.98 Å². The Kier molecular flexibility index (Phi) is 2.15. The highest BCUT2D eigenvalue weighted by Crippen LogP contribution is 2.30. The zero-order valence-electron chi connectivity index (χ0n) is 10.9. The number of oxazole rings is 1. The van der Waals surface area contributed by atoms with Crippen molar-refractivity contribution in [2.24, 2.45) is 0 Å². The molecule has 98 valence electrons. The average molecular weight is 264 g/mol. The van der Waals surface area contributed by atoms with Crippen LogP contribution in [0.5, 0.6) is 0 Å². The number of aryl methyl sites for hydroxylation is 1. The van der Waals surface area contributed by atoms with E-state index >= 15 is 0 Å². The van der Waals surface area contributed by atoms with Crippen LogP contribution in [-0.4, -0.2) is 4.98 Å². The van der Waals surface area contributed by atoms with Crippen LogP contribution in [0.4, 0.5) is 5.69 Å². The van der Waals surface area contributed by atoms with Crippen LogP contribution in [0.3, 0.4) is 0 Å². The molecule has 0 aliphatic carbocycles. The van der Waals surface area contributed by atoms with E-state index in [1.54, 1.807) is 12.1 Å². The summed E-state index contributed by atoms with van der Waals surface area (Å²) in [5.74, 6) is 1.10. The summed E-state index contributed by atoms with van der Waals surface area (Å²) >= 11 is 0. The summed E-state index contributed by atoms with van der Waals surface area (Å²) in [4.78, 5) is 4.43. The topological polar surface area (TPSA) is 65.2 Å². The van der Waals surface area contributed by atoms with Crippen molar-refractivity contribution in [3.05, 3.63) is 48.0 Å². The van der Waals surface area contributed by atoms with Gasteiger partial charge in [0.05, 0.1) is 0 Å². The van der Waals surface area contributed by atoms with Crippen LogP contribution < -0.4 is 5.73 Å². The van der Waals surface area contributed by atoms with Gasteiger partial charge < -0.3 is 14.6 Å².